The van der Waals surface area contributed by atoms with E-state index in [0.717, 1.165) is 12.3 Å². The monoisotopic (exact) mass is 364 g/mol. The first-order chi connectivity index (χ1) is 12.4. The Morgan fingerprint density at radius 1 is 1.35 bits per heavy atom. The zero-order valence-electron chi connectivity index (χ0n) is 14.0. The van der Waals surface area contributed by atoms with Crippen molar-refractivity contribution < 1.29 is 23.8 Å². The van der Waals surface area contributed by atoms with Crippen LogP contribution in [0.1, 0.15) is 17.3 Å². The van der Waals surface area contributed by atoms with Crippen molar-refractivity contribution in [1.29, 1.82) is 0 Å². The average molecular weight is 364 g/mol. The van der Waals surface area contributed by atoms with Gasteiger partial charge in [-0.15, -0.1) is 0 Å². The van der Waals surface area contributed by atoms with E-state index in [-0.39, 0.29) is 23.5 Å². The molecule has 138 valence electrons. The summed E-state index contributed by atoms with van der Waals surface area (Å²) < 4.78 is 19.4. The lowest BCUT2D eigenvalue weighted by molar-refractivity contribution is 0.0695. The Balaban J connectivity index is 1.87. The van der Waals surface area contributed by atoms with Crippen molar-refractivity contribution in [2.45, 2.75) is 6.92 Å². The summed E-state index contributed by atoms with van der Waals surface area (Å²) in [4.78, 5) is 44.8. The van der Waals surface area contributed by atoms with E-state index >= 15 is 0 Å². The minimum absolute atomic E-state index is 0.0414. The number of halogens is 1. The third kappa shape index (κ3) is 3.17. The number of aromatic amines is 1. The summed E-state index contributed by atoms with van der Waals surface area (Å²) in [6.07, 6.45) is 0.630. The predicted octanol–water partition coefficient (Wildman–Crippen LogP) is 1.04. The van der Waals surface area contributed by atoms with Gasteiger partial charge in [-0.05, 0) is 13.0 Å². The molecule has 1 amide bonds. The minimum Gasteiger partial charge on any atom is -0.477 e. The Morgan fingerprint density at radius 3 is 2.65 bits per heavy atom. The molecule has 0 radical (unpaired) electrons. The number of aromatic carboxylic acids is 1. The van der Waals surface area contributed by atoms with E-state index in [0.29, 0.717) is 26.2 Å². The highest BCUT2D eigenvalue weighted by molar-refractivity contribution is 5.91. The fourth-order valence-corrected chi connectivity index (χ4v) is 2.81. The number of pyridine rings is 2. The predicted molar refractivity (Wildman–Crippen MR) is 90.1 cm³/mol. The van der Waals surface area contributed by atoms with Crippen LogP contribution in [0.25, 0.3) is 11.0 Å². The van der Waals surface area contributed by atoms with E-state index in [9.17, 15) is 18.8 Å². The van der Waals surface area contributed by atoms with Crippen LogP contribution >= 0.6 is 0 Å². The number of hydrogen-bond acceptors (Lipinski definition) is 6. The molecule has 0 atom stereocenters. The van der Waals surface area contributed by atoms with Crippen molar-refractivity contribution in [2.75, 3.05) is 37.7 Å². The lowest BCUT2D eigenvalue weighted by Crippen LogP contribution is -2.49. The van der Waals surface area contributed by atoms with Crippen molar-refractivity contribution in [3.8, 4) is 0 Å². The highest BCUT2D eigenvalue weighted by Gasteiger charge is 2.25. The van der Waals surface area contributed by atoms with E-state index < -0.39 is 28.9 Å². The number of ether oxygens (including phenoxy) is 1. The van der Waals surface area contributed by atoms with Crippen LogP contribution < -0.4 is 10.3 Å². The number of fused-ring (bicyclic) bond motifs is 1. The van der Waals surface area contributed by atoms with Gasteiger partial charge in [-0.2, -0.15) is 0 Å². The Bertz CT molecular complexity index is 921. The number of carboxylic acid groups (broad SMARTS) is 1. The van der Waals surface area contributed by atoms with Crippen LogP contribution in [0.3, 0.4) is 0 Å². The molecule has 0 saturated carbocycles. The van der Waals surface area contributed by atoms with Gasteiger partial charge in [0, 0.05) is 32.4 Å². The summed E-state index contributed by atoms with van der Waals surface area (Å²) >= 11 is 0. The number of rotatable bonds is 3. The first-order valence-corrected chi connectivity index (χ1v) is 8.04. The van der Waals surface area contributed by atoms with E-state index in [4.69, 9.17) is 9.84 Å². The van der Waals surface area contributed by atoms with E-state index in [1.54, 1.807) is 11.8 Å². The average Bonchev–Trinajstić information content (AvgIpc) is 2.62. The number of carboxylic acids is 1. The Hall–Kier alpha value is -3.17. The number of amides is 1. The first kappa shape index (κ1) is 17.6. The lowest BCUT2D eigenvalue weighted by atomic mass is 10.2. The quantitative estimate of drug-likeness (QED) is 0.836. The number of H-pyrrole nitrogens is 1. The molecule has 2 N–H and O–H groups in total. The van der Waals surface area contributed by atoms with Crippen molar-refractivity contribution in [3.63, 3.8) is 0 Å². The highest BCUT2D eigenvalue weighted by Crippen LogP contribution is 2.21. The molecule has 0 spiro atoms. The van der Waals surface area contributed by atoms with Crippen molar-refractivity contribution in [3.05, 3.63) is 33.9 Å². The number of piperazine rings is 1. The number of aromatic nitrogens is 2. The van der Waals surface area contributed by atoms with Gasteiger partial charge in [-0.1, -0.05) is 0 Å². The van der Waals surface area contributed by atoms with Gasteiger partial charge in [0.1, 0.15) is 11.2 Å². The van der Waals surface area contributed by atoms with Crippen molar-refractivity contribution >= 4 is 28.9 Å². The van der Waals surface area contributed by atoms with E-state index in [2.05, 4.69) is 9.97 Å². The fourth-order valence-electron chi connectivity index (χ4n) is 2.81. The molecule has 1 fully saturated rings. The summed E-state index contributed by atoms with van der Waals surface area (Å²) in [5.74, 6) is -2.08. The maximum absolute atomic E-state index is 14.5. The molecule has 26 heavy (non-hydrogen) atoms. The molecule has 1 saturated heterocycles. The number of nitrogens with zero attached hydrogens (tertiary/aromatic N) is 3. The van der Waals surface area contributed by atoms with Gasteiger partial charge < -0.3 is 24.6 Å². The largest absolute Gasteiger partial charge is 0.477 e. The first-order valence-electron chi connectivity index (χ1n) is 8.04. The number of carbonyl (C=O) groups is 2. The summed E-state index contributed by atoms with van der Waals surface area (Å²) in [6.45, 7) is 3.42. The molecular formula is C16H17FN4O5. The standard InChI is InChI=1S/C16H17FN4O5/c1-2-26-16(25)21-5-3-20(4-6-21)14-11(17)7-9-12(22)10(15(23)24)8-18-13(9)19-14/h7-8H,2-6H2,1H3,(H,23,24)(H,18,19,22). The summed E-state index contributed by atoms with van der Waals surface area (Å²) in [5.41, 5.74) is -1.17. The van der Waals surface area contributed by atoms with Gasteiger partial charge in [0.15, 0.2) is 11.6 Å². The molecular weight excluding hydrogens is 347 g/mol. The van der Waals surface area contributed by atoms with Crippen LogP contribution in [-0.4, -0.2) is 64.8 Å². The Morgan fingerprint density at radius 2 is 2.04 bits per heavy atom. The van der Waals surface area contributed by atoms with Crippen LogP contribution in [0.5, 0.6) is 0 Å². The van der Waals surface area contributed by atoms with Crippen LogP contribution in [-0.2, 0) is 4.74 Å². The second-order valence-corrected chi connectivity index (χ2v) is 5.70. The molecule has 0 unspecified atom stereocenters. The molecule has 0 aromatic carbocycles. The normalized spacial score (nSPS) is 14.5. The van der Waals surface area contributed by atoms with Crippen LogP contribution in [0.15, 0.2) is 17.1 Å². The molecule has 1 aliphatic heterocycles. The molecule has 3 rings (SSSR count). The number of hydrogen-bond donors (Lipinski definition) is 2. The molecule has 0 aliphatic carbocycles. The molecule has 0 bridgehead atoms. The topological polar surface area (TPSA) is 116 Å². The molecule has 2 aromatic rings. The van der Waals surface area contributed by atoms with E-state index in [1.165, 1.54) is 4.90 Å². The Kier molecular flexibility index (Phi) is 4.74. The number of anilines is 1. The van der Waals surface area contributed by atoms with Crippen LogP contribution in [0.4, 0.5) is 15.0 Å². The highest BCUT2D eigenvalue weighted by atomic mass is 19.1. The summed E-state index contributed by atoms with van der Waals surface area (Å²) in [7, 11) is 0. The summed E-state index contributed by atoms with van der Waals surface area (Å²) in [5, 5.41) is 8.85. The van der Waals surface area contributed by atoms with Gasteiger partial charge in [0.25, 0.3) is 0 Å². The van der Waals surface area contributed by atoms with Crippen LogP contribution in [0, 0.1) is 5.82 Å². The maximum atomic E-state index is 14.5. The number of nitrogens with one attached hydrogen (secondary N) is 1. The molecule has 10 heteroatoms. The molecule has 9 nitrogen and oxygen atoms in total. The van der Waals surface area contributed by atoms with Gasteiger partial charge in [-0.25, -0.2) is 19.0 Å². The molecule has 3 heterocycles. The fraction of sp³-hybridized carbons (Fsp3) is 0.375. The minimum atomic E-state index is -1.40. The van der Waals surface area contributed by atoms with Crippen molar-refractivity contribution in [1.82, 2.24) is 14.9 Å². The lowest BCUT2D eigenvalue weighted by Gasteiger charge is -2.34. The number of carbonyl (C=O) groups excluding carboxylic acids is 1. The van der Waals surface area contributed by atoms with Crippen LogP contribution in [0.2, 0.25) is 0 Å². The summed E-state index contributed by atoms with van der Waals surface area (Å²) in [6, 6.07) is 0.987. The third-order valence-corrected chi connectivity index (χ3v) is 4.14. The smallest absolute Gasteiger partial charge is 0.409 e. The molecule has 2 aromatic heterocycles. The van der Waals surface area contributed by atoms with Gasteiger partial charge in [0.05, 0.1) is 12.0 Å². The van der Waals surface area contributed by atoms with Gasteiger partial charge in [-0.3, -0.25) is 4.79 Å². The van der Waals surface area contributed by atoms with Gasteiger partial charge in [0.2, 0.25) is 5.43 Å². The second kappa shape index (κ2) is 6.98. The SMILES string of the molecule is CCOC(=O)N1CCN(c2nc3[nH]cc(C(=O)O)c(=O)c3cc2F)CC1. The van der Waals surface area contributed by atoms with E-state index in [1.807, 2.05) is 0 Å². The maximum Gasteiger partial charge on any atom is 0.409 e. The van der Waals surface area contributed by atoms with Gasteiger partial charge >= 0.3 is 12.1 Å². The third-order valence-electron chi connectivity index (χ3n) is 4.14. The second-order valence-electron chi connectivity index (χ2n) is 5.70. The zero-order chi connectivity index (χ0) is 18.8. The Labute approximate surface area is 147 Å². The molecule has 1 aliphatic rings. The van der Waals surface area contributed by atoms with Crippen molar-refractivity contribution in [2.24, 2.45) is 0 Å². The zero-order valence-corrected chi connectivity index (χ0v) is 14.0.